The molecule has 2 aliphatic heterocycles. The van der Waals surface area contributed by atoms with Crippen molar-refractivity contribution in [3.05, 3.63) is 28.2 Å². The second-order valence-electron chi connectivity index (χ2n) is 6.97. The van der Waals surface area contributed by atoms with Gasteiger partial charge < -0.3 is 14.5 Å². The summed E-state index contributed by atoms with van der Waals surface area (Å²) in [4.78, 5) is 28.9. The Balaban J connectivity index is 1.51. The summed E-state index contributed by atoms with van der Waals surface area (Å²) >= 11 is 12.0. The van der Waals surface area contributed by atoms with Crippen molar-refractivity contribution >= 4 is 35.0 Å². The largest absolute Gasteiger partial charge is 0.479 e. The molecule has 2 aliphatic rings. The third-order valence-corrected chi connectivity index (χ3v) is 5.65. The number of halogens is 2. The molecule has 0 N–H and O–H groups in total. The molecule has 0 aliphatic carbocycles. The van der Waals surface area contributed by atoms with Gasteiger partial charge in [0.05, 0.1) is 5.02 Å². The highest BCUT2D eigenvalue weighted by molar-refractivity contribution is 6.35. The van der Waals surface area contributed by atoms with Crippen LogP contribution in [0.25, 0.3) is 0 Å². The van der Waals surface area contributed by atoms with E-state index in [9.17, 15) is 9.59 Å². The lowest BCUT2D eigenvalue weighted by molar-refractivity contribution is -0.143. The molecule has 3 rings (SSSR count). The number of nitrogens with zero attached hydrogens (tertiary/aromatic N) is 2. The minimum atomic E-state index is -0.639. The van der Waals surface area contributed by atoms with Crippen molar-refractivity contribution < 1.29 is 14.3 Å². The number of hydrogen-bond donors (Lipinski definition) is 0. The molecule has 2 saturated heterocycles. The van der Waals surface area contributed by atoms with E-state index in [1.807, 2.05) is 4.90 Å². The van der Waals surface area contributed by atoms with Gasteiger partial charge in [-0.05, 0) is 50.8 Å². The lowest BCUT2D eigenvalue weighted by atomic mass is 9.95. The predicted octanol–water partition coefficient (Wildman–Crippen LogP) is 3.62. The van der Waals surface area contributed by atoms with Crippen LogP contribution in [0.3, 0.4) is 0 Å². The number of carbonyl (C=O) groups is 2. The maximum atomic E-state index is 12.6. The summed E-state index contributed by atoms with van der Waals surface area (Å²) in [5, 5.41) is 0.901. The highest BCUT2D eigenvalue weighted by Crippen LogP contribution is 2.29. The maximum Gasteiger partial charge on any atom is 0.263 e. The summed E-state index contributed by atoms with van der Waals surface area (Å²) in [5.41, 5.74) is 0. The van der Waals surface area contributed by atoms with Crippen molar-refractivity contribution in [1.29, 1.82) is 0 Å². The topological polar surface area (TPSA) is 49.9 Å². The maximum absolute atomic E-state index is 12.6. The summed E-state index contributed by atoms with van der Waals surface area (Å²) in [5.74, 6) is 0.657. The first-order valence-corrected chi connectivity index (χ1v) is 9.90. The fourth-order valence-electron chi connectivity index (χ4n) is 3.61. The minimum Gasteiger partial charge on any atom is -0.479 e. The lowest BCUT2D eigenvalue weighted by Crippen LogP contribution is -2.47. The smallest absolute Gasteiger partial charge is 0.263 e. The van der Waals surface area contributed by atoms with E-state index in [4.69, 9.17) is 27.9 Å². The summed E-state index contributed by atoms with van der Waals surface area (Å²) < 4.78 is 5.71. The van der Waals surface area contributed by atoms with Gasteiger partial charge in [0.2, 0.25) is 5.91 Å². The molecule has 1 aromatic carbocycles. The molecule has 142 valence electrons. The van der Waals surface area contributed by atoms with E-state index in [2.05, 4.69) is 0 Å². The van der Waals surface area contributed by atoms with Gasteiger partial charge in [-0.15, -0.1) is 0 Å². The second-order valence-corrected chi connectivity index (χ2v) is 7.81. The molecule has 0 spiro atoms. The molecule has 1 atom stereocenters. The summed E-state index contributed by atoms with van der Waals surface area (Å²) in [6, 6.07) is 4.93. The molecule has 0 saturated carbocycles. The van der Waals surface area contributed by atoms with Gasteiger partial charge in [-0.3, -0.25) is 9.59 Å². The van der Waals surface area contributed by atoms with Crippen molar-refractivity contribution in [2.75, 3.05) is 26.2 Å². The molecule has 2 heterocycles. The Bertz CT molecular complexity index is 669. The molecule has 2 fully saturated rings. The van der Waals surface area contributed by atoms with E-state index in [0.29, 0.717) is 28.9 Å². The van der Waals surface area contributed by atoms with Crippen LogP contribution in [0.15, 0.2) is 18.2 Å². The average molecular weight is 399 g/mol. The van der Waals surface area contributed by atoms with Crippen molar-refractivity contribution in [3.63, 3.8) is 0 Å². The average Bonchev–Trinajstić information content (AvgIpc) is 3.17. The molecule has 7 heteroatoms. The Morgan fingerprint density at radius 1 is 1.08 bits per heavy atom. The van der Waals surface area contributed by atoms with Gasteiger partial charge in [0.25, 0.3) is 5.91 Å². The van der Waals surface area contributed by atoms with Crippen LogP contribution >= 0.6 is 23.2 Å². The first kappa shape index (κ1) is 19.3. The Kier molecular flexibility index (Phi) is 6.30. The Labute approximate surface area is 164 Å². The van der Waals surface area contributed by atoms with E-state index >= 15 is 0 Å². The number of carbonyl (C=O) groups excluding carboxylic acids is 2. The summed E-state index contributed by atoms with van der Waals surface area (Å²) in [6.07, 6.45) is 3.00. The quantitative estimate of drug-likeness (QED) is 0.777. The SMILES string of the molecule is CC(Oc1ccc(Cl)cc1Cl)C(=O)N1CCC(C(=O)N2CCCC2)CC1. The molecule has 26 heavy (non-hydrogen) atoms. The van der Waals surface area contributed by atoms with Gasteiger partial charge in [-0.2, -0.15) is 0 Å². The molecule has 2 amide bonds. The standard InChI is InChI=1S/C19H24Cl2N2O3/c1-13(26-17-5-4-15(20)12-16(17)21)18(24)23-10-6-14(7-11-23)19(25)22-8-2-3-9-22/h4-5,12-14H,2-3,6-11H2,1H3. The highest BCUT2D eigenvalue weighted by atomic mass is 35.5. The number of rotatable bonds is 4. The molecule has 1 aromatic rings. The van der Waals surface area contributed by atoms with E-state index in [1.54, 1.807) is 30.0 Å². The van der Waals surface area contributed by atoms with E-state index < -0.39 is 6.10 Å². The summed E-state index contributed by atoms with van der Waals surface area (Å²) in [6.45, 7) is 4.65. The van der Waals surface area contributed by atoms with Crippen LogP contribution in [0.1, 0.15) is 32.6 Å². The Morgan fingerprint density at radius 2 is 1.73 bits per heavy atom. The number of likely N-dealkylation sites (tertiary alicyclic amines) is 2. The van der Waals surface area contributed by atoms with E-state index in [0.717, 1.165) is 38.8 Å². The fourth-order valence-corrected chi connectivity index (χ4v) is 4.06. The number of piperidine rings is 1. The van der Waals surface area contributed by atoms with Crippen LogP contribution in [-0.4, -0.2) is 53.9 Å². The van der Waals surface area contributed by atoms with Crippen molar-refractivity contribution in [3.8, 4) is 5.75 Å². The number of amides is 2. The van der Waals surface area contributed by atoms with Crippen LogP contribution in [0.2, 0.25) is 10.0 Å². The molecular weight excluding hydrogens is 375 g/mol. The summed E-state index contributed by atoms with van der Waals surface area (Å²) in [7, 11) is 0. The van der Waals surface area contributed by atoms with Gasteiger partial charge >= 0.3 is 0 Å². The fraction of sp³-hybridized carbons (Fsp3) is 0.579. The van der Waals surface area contributed by atoms with E-state index in [1.165, 1.54) is 0 Å². The monoisotopic (exact) mass is 398 g/mol. The Hall–Kier alpha value is -1.46. The third-order valence-electron chi connectivity index (χ3n) is 5.12. The molecule has 0 aromatic heterocycles. The predicted molar refractivity (Wildman–Crippen MR) is 102 cm³/mol. The van der Waals surface area contributed by atoms with Crippen molar-refractivity contribution in [2.24, 2.45) is 5.92 Å². The first-order chi connectivity index (χ1) is 12.5. The molecule has 0 radical (unpaired) electrons. The van der Waals surface area contributed by atoms with Gasteiger partial charge in [0, 0.05) is 37.1 Å². The molecule has 1 unspecified atom stereocenters. The third kappa shape index (κ3) is 4.44. The van der Waals surface area contributed by atoms with Gasteiger partial charge in [-0.1, -0.05) is 23.2 Å². The molecule has 0 bridgehead atoms. The van der Waals surface area contributed by atoms with Crippen LogP contribution in [0.4, 0.5) is 0 Å². The molecule has 5 nitrogen and oxygen atoms in total. The van der Waals surface area contributed by atoms with Crippen LogP contribution in [0.5, 0.6) is 5.75 Å². The van der Waals surface area contributed by atoms with Crippen molar-refractivity contribution in [1.82, 2.24) is 9.80 Å². The zero-order valence-corrected chi connectivity index (χ0v) is 16.4. The van der Waals surface area contributed by atoms with Crippen LogP contribution in [0, 0.1) is 5.92 Å². The zero-order chi connectivity index (χ0) is 18.7. The first-order valence-electron chi connectivity index (χ1n) is 9.15. The van der Waals surface area contributed by atoms with Gasteiger partial charge in [0.15, 0.2) is 6.10 Å². The molecular formula is C19H24Cl2N2O3. The number of benzene rings is 1. The van der Waals surface area contributed by atoms with E-state index in [-0.39, 0.29) is 17.7 Å². The normalized spacial score (nSPS) is 19.5. The number of hydrogen-bond acceptors (Lipinski definition) is 3. The zero-order valence-electron chi connectivity index (χ0n) is 14.9. The number of ether oxygens (including phenoxy) is 1. The Morgan fingerprint density at radius 3 is 2.35 bits per heavy atom. The highest BCUT2D eigenvalue weighted by Gasteiger charge is 2.32. The van der Waals surface area contributed by atoms with Gasteiger partial charge in [0.1, 0.15) is 5.75 Å². The lowest BCUT2D eigenvalue weighted by Gasteiger charge is -2.34. The van der Waals surface area contributed by atoms with Crippen LogP contribution < -0.4 is 4.74 Å². The van der Waals surface area contributed by atoms with Crippen molar-refractivity contribution in [2.45, 2.75) is 38.7 Å². The minimum absolute atomic E-state index is 0.0408. The van der Waals surface area contributed by atoms with Gasteiger partial charge in [-0.25, -0.2) is 0 Å². The van der Waals surface area contributed by atoms with Crippen LogP contribution in [-0.2, 0) is 9.59 Å². The second kappa shape index (κ2) is 8.49.